The normalized spacial score (nSPS) is 12.5. The molecule has 164 valence electrons. The third-order valence-corrected chi connectivity index (χ3v) is 5.74. The van der Waals surface area contributed by atoms with Crippen LogP contribution >= 0.6 is 0 Å². The molecule has 0 atom stereocenters. The SMILES string of the molecule is CC(=O)c1c(C)oc(NC(=O)c2ccc3c(c2)C(=O)N(c2cccc(C)c2C)C3=O)c1C#N. The van der Waals surface area contributed by atoms with Gasteiger partial charge in [0.05, 0.1) is 22.4 Å². The number of ketones is 1. The van der Waals surface area contributed by atoms with E-state index in [1.165, 1.54) is 32.0 Å². The average molecular weight is 441 g/mol. The van der Waals surface area contributed by atoms with E-state index >= 15 is 0 Å². The fraction of sp³-hybridized carbons (Fsp3) is 0.160. The highest BCUT2D eigenvalue weighted by Crippen LogP contribution is 2.33. The van der Waals surface area contributed by atoms with Crippen LogP contribution < -0.4 is 10.2 Å². The highest BCUT2D eigenvalue weighted by Gasteiger charge is 2.38. The van der Waals surface area contributed by atoms with Gasteiger partial charge in [0.25, 0.3) is 17.7 Å². The first-order valence-corrected chi connectivity index (χ1v) is 10.1. The third-order valence-electron chi connectivity index (χ3n) is 5.74. The maximum Gasteiger partial charge on any atom is 0.266 e. The van der Waals surface area contributed by atoms with Crippen molar-refractivity contribution in [2.75, 3.05) is 10.2 Å². The molecule has 2 aromatic carbocycles. The van der Waals surface area contributed by atoms with E-state index in [0.717, 1.165) is 16.0 Å². The molecule has 3 aromatic rings. The van der Waals surface area contributed by atoms with E-state index in [9.17, 15) is 24.4 Å². The fourth-order valence-electron chi connectivity index (χ4n) is 3.92. The van der Waals surface area contributed by atoms with Crippen molar-refractivity contribution in [1.29, 1.82) is 5.26 Å². The monoisotopic (exact) mass is 441 g/mol. The zero-order valence-corrected chi connectivity index (χ0v) is 18.4. The lowest BCUT2D eigenvalue weighted by molar-refractivity contribution is 0.0923. The highest BCUT2D eigenvalue weighted by atomic mass is 16.4. The van der Waals surface area contributed by atoms with Gasteiger partial charge in [0.1, 0.15) is 17.4 Å². The molecule has 4 rings (SSSR count). The molecule has 0 radical (unpaired) electrons. The number of nitrogens with zero attached hydrogens (tertiary/aromatic N) is 2. The average Bonchev–Trinajstić information content (AvgIpc) is 3.22. The molecule has 0 bridgehead atoms. The summed E-state index contributed by atoms with van der Waals surface area (Å²) in [5.41, 5.74) is 2.68. The number of anilines is 2. The number of fused-ring (bicyclic) bond motifs is 1. The van der Waals surface area contributed by atoms with Gasteiger partial charge in [0.15, 0.2) is 5.78 Å². The van der Waals surface area contributed by atoms with Crippen LogP contribution in [0.4, 0.5) is 11.6 Å². The second-order valence-corrected chi connectivity index (χ2v) is 7.78. The van der Waals surface area contributed by atoms with Crippen LogP contribution in [0.2, 0.25) is 0 Å². The van der Waals surface area contributed by atoms with E-state index in [4.69, 9.17) is 4.42 Å². The lowest BCUT2D eigenvalue weighted by atomic mass is 10.0. The summed E-state index contributed by atoms with van der Waals surface area (Å²) in [6.07, 6.45) is 0. The number of amides is 3. The summed E-state index contributed by atoms with van der Waals surface area (Å²) in [7, 11) is 0. The first-order valence-electron chi connectivity index (χ1n) is 10.1. The van der Waals surface area contributed by atoms with Gasteiger partial charge in [-0.1, -0.05) is 12.1 Å². The van der Waals surface area contributed by atoms with E-state index < -0.39 is 17.7 Å². The number of hydrogen-bond acceptors (Lipinski definition) is 6. The second-order valence-electron chi connectivity index (χ2n) is 7.78. The molecule has 0 spiro atoms. The van der Waals surface area contributed by atoms with E-state index in [-0.39, 0.29) is 45.2 Å². The van der Waals surface area contributed by atoms with Crippen molar-refractivity contribution in [3.05, 3.63) is 81.1 Å². The number of rotatable bonds is 4. The topological polar surface area (TPSA) is 120 Å². The fourth-order valence-corrected chi connectivity index (χ4v) is 3.92. The minimum absolute atomic E-state index is 0.0677. The summed E-state index contributed by atoms with van der Waals surface area (Å²) in [6, 6.07) is 11.4. The van der Waals surface area contributed by atoms with E-state index in [0.29, 0.717) is 5.69 Å². The second kappa shape index (κ2) is 7.88. The number of Topliss-reactive ketones (excluding diaryl/α,β-unsaturated/α-hetero) is 1. The van der Waals surface area contributed by atoms with E-state index in [1.807, 2.05) is 26.0 Å². The van der Waals surface area contributed by atoms with Crippen molar-refractivity contribution in [2.24, 2.45) is 0 Å². The van der Waals surface area contributed by atoms with Gasteiger partial charge in [-0.25, -0.2) is 4.90 Å². The summed E-state index contributed by atoms with van der Waals surface area (Å²) in [6.45, 7) is 6.55. The minimum atomic E-state index is -0.649. The van der Waals surface area contributed by atoms with Gasteiger partial charge in [0, 0.05) is 5.56 Å². The molecule has 2 heterocycles. The summed E-state index contributed by atoms with van der Waals surface area (Å²) < 4.78 is 5.42. The number of imide groups is 1. The lowest BCUT2D eigenvalue weighted by Gasteiger charge is -2.17. The number of carbonyl (C=O) groups is 4. The van der Waals surface area contributed by atoms with Gasteiger partial charge >= 0.3 is 0 Å². The zero-order valence-electron chi connectivity index (χ0n) is 18.4. The highest BCUT2D eigenvalue weighted by molar-refractivity contribution is 6.35. The summed E-state index contributed by atoms with van der Waals surface area (Å²) in [4.78, 5) is 51.8. The summed E-state index contributed by atoms with van der Waals surface area (Å²) in [5, 5.41) is 11.9. The van der Waals surface area contributed by atoms with Crippen molar-refractivity contribution in [1.82, 2.24) is 0 Å². The Morgan fingerprint density at radius 2 is 1.73 bits per heavy atom. The molecular formula is C25H19N3O5. The molecular weight excluding hydrogens is 422 g/mol. The quantitative estimate of drug-likeness (QED) is 0.475. The van der Waals surface area contributed by atoms with Gasteiger partial charge < -0.3 is 4.42 Å². The predicted molar refractivity (Wildman–Crippen MR) is 120 cm³/mol. The van der Waals surface area contributed by atoms with Crippen molar-refractivity contribution in [3.63, 3.8) is 0 Å². The maximum atomic E-state index is 13.1. The van der Waals surface area contributed by atoms with Crippen LogP contribution in [0.15, 0.2) is 40.8 Å². The van der Waals surface area contributed by atoms with Gasteiger partial charge in [-0.15, -0.1) is 0 Å². The number of aryl methyl sites for hydroxylation is 2. The summed E-state index contributed by atoms with van der Waals surface area (Å²) >= 11 is 0. The first-order chi connectivity index (χ1) is 15.6. The molecule has 0 unspecified atom stereocenters. The van der Waals surface area contributed by atoms with Crippen LogP contribution in [-0.4, -0.2) is 23.5 Å². The molecule has 1 aliphatic rings. The molecule has 8 heteroatoms. The Bertz CT molecular complexity index is 1420. The zero-order chi connectivity index (χ0) is 24.0. The standard InChI is InChI=1S/C25H19N3O5/c1-12-6-5-7-20(13(12)2)28-24(31)17-9-8-16(10-18(17)25(28)32)22(30)27-23-19(11-26)21(14(3)29)15(4)33-23/h5-10H,1-4H3,(H,27,30). The number of nitriles is 1. The van der Waals surface area contributed by atoms with Gasteiger partial charge in [-0.05, 0) is 63.1 Å². The van der Waals surface area contributed by atoms with Crippen LogP contribution in [0.1, 0.15) is 70.8 Å². The first kappa shape index (κ1) is 21.7. The van der Waals surface area contributed by atoms with Crippen LogP contribution in [0, 0.1) is 32.1 Å². The Labute approximate surface area is 189 Å². The number of carbonyl (C=O) groups excluding carboxylic acids is 4. The number of hydrogen-bond donors (Lipinski definition) is 1. The number of benzene rings is 2. The van der Waals surface area contributed by atoms with Crippen molar-refractivity contribution in [2.45, 2.75) is 27.7 Å². The molecule has 3 amide bonds. The van der Waals surface area contributed by atoms with Crippen molar-refractivity contribution >= 4 is 35.1 Å². The summed E-state index contributed by atoms with van der Waals surface area (Å²) in [5.74, 6) is -1.93. The number of nitrogens with one attached hydrogen (secondary N) is 1. The maximum absolute atomic E-state index is 13.1. The predicted octanol–water partition coefficient (Wildman–Crippen LogP) is 4.33. The smallest absolute Gasteiger partial charge is 0.266 e. The Morgan fingerprint density at radius 3 is 2.39 bits per heavy atom. The molecule has 0 saturated carbocycles. The third kappa shape index (κ3) is 3.40. The lowest BCUT2D eigenvalue weighted by Crippen LogP contribution is -2.30. The Morgan fingerprint density at radius 1 is 1.03 bits per heavy atom. The Hall–Kier alpha value is -4.51. The van der Waals surface area contributed by atoms with Crippen molar-refractivity contribution in [3.8, 4) is 6.07 Å². The van der Waals surface area contributed by atoms with Crippen molar-refractivity contribution < 1.29 is 23.6 Å². The van der Waals surface area contributed by atoms with Crippen LogP contribution in [0.5, 0.6) is 0 Å². The molecule has 1 N–H and O–H groups in total. The van der Waals surface area contributed by atoms with Crippen LogP contribution in [0.3, 0.4) is 0 Å². The Balaban J connectivity index is 1.68. The van der Waals surface area contributed by atoms with Crippen LogP contribution in [-0.2, 0) is 0 Å². The van der Waals surface area contributed by atoms with Crippen LogP contribution in [0.25, 0.3) is 0 Å². The van der Waals surface area contributed by atoms with E-state index in [1.54, 1.807) is 12.1 Å². The van der Waals surface area contributed by atoms with Gasteiger partial charge in [0.2, 0.25) is 5.88 Å². The minimum Gasteiger partial charge on any atom is -0.443 e. The molecule has 0 saturated heterocycles. The molecule has 1 aromatic heterocycles. The van der Waals surface area contributed by atoms with Gasteiger partial charge in [-0.3, -0.25) is 24.5 Å². The number of furan rings is 1. The molecule has 0 fully saturated rings. The molecule has 33 heavy (non-hydrogen) atoms. The largest absolute Gasteiger partial charge is 0.443 e. The Kier molecular flexibility index (Phi) is 5.18. The molecule has 1 aliphatic heterocycles. The molecule has 0 aliphatic carbocycles. The molecule has 8 nitrogen and oxygen atoms in total. The van der Waals surface area contributed by atoms with Gasteiger partial charge in [-0.2, -0.15) is 5.26 Å². The van der Waals surface area contributed by atoms with E-state index in [2.05, 4.69) is 5.32 Å².